The van der Waals surface area contributed by atoms with Crippen molar-refractivity contribution in [2.75, 3.05) is 11.1 Å². The van der Waals surface area contributed by atoms with Crippen LogP contribution in [-0.2, 0) is 6.54 Å². The van der Waals surface area contributed by atoms with Crippen molar-refractivity contribution in [2.24, 2.45) is 0 Å². The van der Waals surface area contributed by atoms with Gasteiger partial charge < -0.3 is 16.2 Å². The van der Waals surface area contributed by atoms with Gasteiger partial charge in [0.15, 0.2) is 0 Å². The van der Waals surface area contributed by atoms with Crippen molar-refractivity contribution in [3.05, 3.63) is 53.8 Å². The molecule has 2 rings (SSSR count). The van der Waals surface area contributed by atoms with E-state index in [1.54, 1.807) is 30.3 Å². The maximum atomic E-state index is 13.3. The van der Waals surface area contributed by atoms with Gasteiger partial charge in [0.2, 0.25) is 0 Å². The molecule has 0 aliphatic carbocycles. The average Bonchev–Trinajstić information content (AvgIpc) is 2.32. The summed E-state index contributed by atoms with van der Waals surface area (Å²) in [7, 11) is 0. The molecule has 0 aliphatic rings. The van der Waals surface area contributed by atoms with Gasteiger partial charge >= 0.3 is 0 Å². The summed E-state index contributed by atoms with van der Waals surface area (Å²) in [6.07, 6.45) is 0. The number of nitrogens with two attached hydrogens (primary N) is 1. The first-order valence-electron chi connectivity index (χ1n) is 5.22. The SMILES string of the molecule is Nc1ccc(O)c(CNc2ccccc2F)c1. The first-order chi connectivity index (χ1) is 8.16. The number of para-hydroxylation sites is 1. The van der Waals surface area contributed by atoms with E-state index < -0.39 is 0 Å². The minimum Gasteiger partial charge on any atom is -0.508 e. The van der Waals surface area contributed by atoms with E-state index in [4.69, 9.17) is 5.73 Å². The van der Waals surface area contributed by atoms with Gasteiger partial charge in [-0.15, -0.1) is 0 Å². The summed E-state index contributed by atoms with van der Waals surface area (Å²) < 4.78 is 13.3. The number of benzene rings is 2. The molecule has 0 radical (unpaired) electrons. The highest BCUT2D eigenvalue weighted by Crippen LogP contribution is 2.21. The van der Waals surface area contributed by atoms with Crippen LogP contribution < -0.4 is 11.1 Å². The van der Waals surface area contributed by atoms with Crippen LogP contribution in [0, 0.1) is 5.82 Å². The van der Waals surface area contributed by atoms with Crippen molar-refractivity contribution >= 4 is 11.4 Å². The number of nitrogen functional groups attached to an aromatic ring is 1. The molecule has 0 bridgehead atoms. The molecule has 4 N–H and O–H groups in total. The summed E-state index contributed by atoms with van der Waals surface area (Å²) in [6, 6.07) is 11.2. The van der Waals surface area contributed by atoms with Crippen molar-refractivity contribution in [3.8, 4) is 5.75 Å². The lowest BCUT2D eigenvalue weighted by atomic mass is 10.1. The molecule has 2 aromatic rings. The predicted octanol–water partition coefficient (Wildman–Crippen LogP) is 2.73. The van der Waals surface area contributed by atoms with Crippen molar-refractivity contribution in [1.82, 2.24) is 0 Å². The van der Waals surface area contributed by atoms with Crippen LogP contribution in [-0.4, -0.2) is 5.11 Å². The standard InChI is InChI=1S/C13H13FN2O/c14-11-3-1-2-4-12(11)16-8-9-7-10(15)5-6-13(9)17/h1-7,16-17H,8,15H2. The van der Waals surface area contributed by atoms with Crippen LogP contribution in [0.4, 0.5) is 15.8 Å². The zero-order valence-corrected chi connectivity index (χ0v) is 9.15. The van der Waals surface area contributed by atoms with E-state index in [1.165, 1.54) is 12.1 Å². The van der Waals surface area contributed by atoms with Crippen molar-refractivity contribution in [2.45, 2.75) is 6.54 Å². The number of phenolic OH excluding ortho intramolecular Hbond substituents is 1. The molecule has 4 heteroatoms. The zero-order chi connectivity index (χ0) is 12.3. The Morgan fingerprint density at radius 1 is 1.18 bits per heavy atom. The van der Waals surface area contributed by atoms with Gasteiger partial charge in [-0.2, -0.15) is 0 Å². The number of nitrogens with one attached hydrogen (secondary N) is 1. The second-order valence-electron chi connectivity index (χ2n) is 3.72. The third kappa shape index (κ3) is 2.66. The van der Waals surface area contributed by atoms with E-state index in [2.05, 4.69) is 5.32 Å². The van der Waals surface area contributed by atoms with Crippen LogP contribution in [0.5, 0.6) is 5.75 Å². The van der Waals surface area contributed by atoms with Crippen molar-refractivity contribution in [1.29, 1.82) is 0 Å². The third-order valence-corrected chi connectivity index (χ3v) is 2.45. The molecular formula is C13H13FN2O. The Bertz CT molecular complexity index is 529. The zero-order valence-electron chi connectivity index (χ0n) is 9.15. The maximum absolute atomic E-state index is 13.3. The molecule has 0 aromatic heterocycles. The summed E-state index contributed by atoms with van der Waals surface area (Å²) in [5, 5.41) is 12.5. The van der Waals surface area contributed by atoms with Gasteiger partial charge in [-0.3, -0.25) is 0 Å². The molecule has 0 unspecified atom stereocenters. The van der Waals surface area contributed by atoms with Crippen LogP contribution in [0.3, 0.4) is 0 Å². The number of halogens is 1. The normalized spacial score (nSPS) is 10.2. The Labute approximate surface area is 98.7 Å². The molecule has 0 heterocycles. The number of hydrogen-bond donors (Lipinski definition) is 3. The fraction of sp³-hybridized carbons (Fsp3) is 0.0769. The summed E-state index contributed by atoms with van der Waals surface area (Å²) in [5.41, 5.74) is 7.21. The van der Waals surface area contributed by atoms with Gasteiger partial charge in [0.1, 0.15) is 11.6 Å². The third-order valence-electron chi connectivity index (χ3n) is 2.45. The molecule has 2 aromatic carbocycles. The van der Waals surface area contributed by atoms with E-state index in [1.807, 2.05) is 0 Å². The Morgan fingerprint density at radius 3 is 2.71 bits per heavy atom. The minimum absolute atomic E-state index is 0.142. The van der Waals surface area contributed by atoms with Gasteiger partial charge in [-0.1, -0.05) is 12.1 Å². The molecule has 0 saturated carbocycles. The van der Waals surface area contributed by atoms with Gasteiger partial charge in [-0.25, -0.2) is 4.39 Å². The summed E-state index contributed by atoms with van der Waals surface area (Å²) in [6.45, 7) is 0.317. The van der Waals surface area contributed by atoms with Crippen LogP contribution in [0.15, 0.2) is 42.5 Å². The van der Waals surface area contributed by atoms with Crippen LogP contribution in [0.1, 0.15) is 5.56 Å². The molecular weight excluding hydrogens is 219 g/mol. The first kappa shape index (κ1) is 11.3. The molecule has 0 atom stereocenters. The number of phenols is 1. The number of hydrogen-bond acceptors (Lipinski definition) is 3. The second-order valence-corrected chi connectivity index (χ2v) is 3.72. The number of aromatic hydroxyl groups is 1. The van der Waals surface area contributed by atoms with E-state index in [9.17, 15) is 9.50 Å². The highest BCUT2D eigenvalue weighted by Gasteiger charge is 2.03. The Morgan fingerprint density at radius 2 is 1.94 bits per heavy atom. The summed E-state index contributed by atoms with van der Waals surface area (Å²) in [4.78, 5) is 0. The largest absolute Gasteiger partial charge is 0.508 e. The van der Waals surface area contributed by atoms with Gasteiger partial charge in [0, 0.05) is 17.8 Å². The molecule has 0 fully saturated rings. The Kier molecular flexibility index (Phi) is 3.14. The number of anilines is 2. The second kappa shape index (κ2) is 4.74. The van der Waals surface area contributed by atoms with Crippen molar-refractivity contribution in [3.63, 3.8) is 0 Å². The van der Waals surface area contributed by atoms with E-state index in [0.717, 1.165) is 0 Å². The lowest BCUT2D eigenvalue weighted by Crippen LogP contribution is -2.02. The molecule has 0 saturated heterocycles. The average molecular weight is 232 g/mol. The predicted molar refractivity (Wildman–Crippen MR) is 66.2 cm³/mol. The van der Waals surface area contributed by atoms with Gasteiger partial charge in [0.05, 0.1) is 5.69 Å². The highest BCUT2D eigenvalue weighted by atomic mass is 19.1. The Balaban J connectivity index is 2.12. The van der Waals surface area contributed by atoms with Gasteiger partial charge in [-0.05, 0) is 30.3 Å². The number of rotatable bonds is 3. The van der Waals surface area contributed by atoms with E-state index >= 15 is 0 Å². The summed E-state index contributed by atoms with van der Waals surface area (Å²) >= 11 is 0. The van der Waals surface area contributed by atoms with Crippen LogP contribution >= 0.6 is 0 Å². The lowest BCUT2D eigenvalue weighted by molar-refractivity contribution is 0.469. The fourth-order valence-electron chi connectivity index (χ4n) is 1.54. The molecule has 0 aliphatic heterocycles. The fourth-order valence-corrected chi connectivity index (χ4v) is 1.54. The quantitative estimate of drug-likeness (QED) is 0.563. The minimum atomic E-state index is -0.323. The van der Waals surface area contributed by atoms with Gasteiger partial charge in [0.25, 0.3) is 0 Å². The molecule has 17 heavy (non-hydrogen) atoms. The van der Waals surface area contributed by atoms with E-state index in [0.29, 0.717) is 23.5 Å². The van der Waals surface area contributed by atoms with Crippen LogP contribution in [0.2, 0.25) is 0 Å². The maximum Gasteiger partial charge on any atom is 0.146 e. The molecule has 0 amide bonds. The Hall–Kier alpha value is -2.23. The smallest absolute Gasteiger partial charge is 0.146 e. The topological polar surface area (TPSA) is 58.3 Å². The highest BCUT2D eigenvalue weighted by molar-refractivity contribution is 5.50. The van der Waals surface area contributed by atoms with Crippen LogP contribution in [0.25, 0.3) is 0 Å². The molecule has 0 spiro atoms. The monoisotopic (exact) mass is 232 g/mol. The molecule has 88 valence electrons. The van der Waals surface area contributed by atoms with Crippen molar-refractivity contribution < 1.29 is 9.50 Å². The first-order valence-corrected chi connectivity index (χ1v) is 5.22. The lowest BCUT2D eigenvalue weighted by Gasteiger charge is -2.09. The molecule has 3 nitrogen and oxygen atoms in total. The summed E-state index contributed by atoms with van der Waals surface area (Å²) in [5.74, 6) is -0.182. The van der Waals surface area contributed by atoms with E-state index in [-0.39, 0.29) is 11.6 Å².